The molecule has 1 aliphatic heterocycles. The van der Waals surface area contributed by atoms with Crippen LogP contribution in [0.15, 0.2) is 47.8 Å². The van der Waals surface area contributed by atoms with Crippen molar-refractivity contribution in [3.63, 3.8) is 0 Å². The monoisotopic (exact) mass is 488 g/mol. The third-order valence-electron chi connectivity index (χ3n) is 5.88. The Bertz CT molecular complexity index is 1200. The van der Waals surface area contributed by atoms with Gasteiger partial charge in [0.2, 0.25) is 5.88 Å². The van der Waals surface area contributed by atoms with Gasteiger partial charge in [-0.2, -0.15) is 26.8 Å². The van der Waals surface area contributed by atoms with Crippen LogP contribution in [0, 0.1) is 6.92 Å². The Labute approximate surface area is 198 Å². The van der Waals surface area contributed by atoms with Gasteiger partial charge in [0.05, 0.1) is 10.6 Å². The van der Waals surface area contributed by atoms with Crippen LogP contribution in [-0.4, -0.2) is 59.9 Å². The van der Waals surface area contributed by atoms with E-state index in [1.165, 1.54) is 24.6 Å². The lowest BCUT2D eigenvalue weighted by Gasteiger charge is -2.32. The summed E-state index contributed by atoms with van der Waals surface area (Å²) in [5, 5.41) is 6.55. The lowest BCUT2D eigenvalue weighted by atomic mass is 9.92. The maximum absolute atomic E-state index is 13.2. The van der Waals surface area contributed by atoms with Crippen molar-refractivity contribution in [2.45, 2.75) is 32.3 Å². The normalized spacial score (nSPS) is 15.8. The second-order valence-corrected chi connectivity index (χ2v) is 11.3. The number of benzene rings is 1. The van der Waals surface area contributed by atoms with E-state index in [1.807, 2.05) is 48.7 Å². The second-order valence-electron chi connectivity index (χ2n) is 8.25. The predicted molar refractivity (Wildman–Crippen MR) is 128 cm³/mol. The smallest absolute Gasteiger partial charge is 0.291 e. The molecule has 0 unspecified atom stereocenters. The van der Waals surface area contributed by atoms with E-state index in [-0.39, 0.29) is 11.8 Å². The molecule has 4 rings (SSSR count). The summed E-state index contributed by atoms with van der Waals surface area (Å²) in [5.41, 5.74) is 2.62. The predicted octanol–water partition coefficient (Wildman–Crippen LogP) is 3.51. The van der Waals surface area contributed by atoms with Gasteiger partial charge in [0.1, 0.15) is 6.61 Å². The molecule has 1 saturated heterocycles. The molecule has 3 heterocycles. The summed E-state index contributed by atoms with van der Waals surface area (Å²) in [6, 6.07) is 13.4. The highest BCUT2D eigenvalue weighted by atomic mass is 32.2. The molecule has 1 aliphatic rings. The maximum atomic E-state index is 13.2. The molecule has 0 atom stereocenters. The summed E-state index contributed by atoms with van der Waals surface area (Å²) in [4.78, 5) is 13.8. The fourth-order valence-corrected chi connectivity index (χ4v) is 5.80. The zero-order valence-corrected chi connectivity index (χ0v) is 20.6. The highest BCUT2D eigenvalue weighted by Crippen LogP contribution is 2.35. The minimum atomic E-state index is -3.44. The van der Waals surface area contributed by atoms with Crippen LogP contribution in [0.4, 0.5) is 0 Å². The van der Waals surface area contributed by atoms with Gasteiger partial charge in [-0.15, -0.1) is 11.3 Å². The highest BCUT2D eigenvalue weighted by molar-refractivity contribution is 7.86. The Balaban J connectivity index is 1.60. The van der Waals surface area contributed by atoms with Crippen LogP contribution in [0.1, 0.15) is 45.3 Å². The Kier molecular flexibility index (Phi) is 6.99. The molecular formula is C23H28N4O4S2. The zero-order chi connectivity index (χ0) is 23.6. The van der Waals surface area contributed by atoms with Gasteiger partial charge in [-0.25, -0.2) is 0 Å². The van der Waals surface area contributed by atoms with Crippen LogP contribution >= 0.6 is 11.3 Å². The van der Waals surface area contributed by atoms with Crippen molar-refractivity contribution in [1.29, 1.82) is 0 Å². The van der Waals surface area contributed by atoms with E-state index in [1.54, 1.807) is 20.2 Å². The van der Waals surface area contributed by atoms with Crippen molar-refractivity contribution < 1.29 is 17.9 Å². The molecule has 176 valence electrons. The minimum Gasteiger partial charge on any atom is -0.472 e. The molecule has 10 heteroatoms. The topological polar surface area (TPSA) is 84.7 Å². The average Bonchev–Trinajstić information content (AvgIpc) is 3.46. The van der Waals surface area contributed by atoms with E-state index in [0.717, 1.165) is 16.8 Å². The van der Waals surface area contributed by atoms with Crippen molar-refractivity contribution in [3.05, 3.63) is 69.5 Å². The molecular weight excluding hydrogens is 460 g/mol. The van der Waals surface area contributed by atoms with Crippen molar-refractivity contribution in [2.24, 2.45) is 0 Å². The number of nitrogens with zero attached hydrogens (tertiary/aromatic N) is 4. The van der Waals surface area contributed by atoms with Crippen molar-refractivity contribution in [2.75, 3.05) is 27.2 Å². The lowest BCUT2D eigenvalue weighted by molar-refractivity contribution is 0.0931. The fraction of sp³-hybridized carbons (Fsp3) is 0.391. The van der Waals surface area contributed by atoms with Gasteiger partial charge in [-0.3, -0.25) is 4.79 Å². The van der Waals surface area contributed by atoms with E-state index in [0.29, 0.717) is 43.3 Å². The summed E-state index contributed by atoms with van der Waals surface area (Å²) in [7, 11) is -0.354. The number of hydrogen-bond acceptors (Lipinski definition) is 6. The maximum Gasteiger partial charge on any atom is 0.291 e. The molecule has 0 aliphatic carbocycles. The number of piperidine rings is 1. The number of carbonyl (C=O) groups excluding carboxylic acids is 1. The number of rotatable bonds is 7. The summed E-state index contributed by atoms with van der Waals surface area (Å²) in [6.45, 7) is 3.07. The van der Waals surface area contributed by atoms with Gasteiger partial charge in [0, 0.05) is 38.7 Å². The van der Waals surface area contributed by atoms with Crippen LogP contribution in [0.5, 0.6) is 5.88 Å². The molecule has 0 saturated carbocycles. The number of carbonyl (C=O) groups is 1. The Morgan fingerprint density at radius 2 is 1.85 bits per heavy atom. The van der Waals surface area contributed by atoms with E-state index >= 15 is 0 Å². The Morgan fingerprint density at radius 1 is 1.15 bits per heavy atom. The summed E-state index contributed by atoms with van der Waals surface area (Å²) >= 11 is 1.36. The molecule has 33 heavy (non-hydrogen) atoms. The molecule has 0 N–H and O–H groups in total. The third kappa shape index (κ3) is 4.89. The molecule has 1 fully saturated rings. The van der Waals surface area contributed by atoms with Crippen molar-refractivity contribution >= 4 is 27.5 Å². The number of ether oxygens (including phenoxy) is 1. The highest BCUT2D eigenvalue weighted by Gasteiger charge is 2.33. The molecule has 0 spiro atoms. The van der Waals surface area contributed by atoms with Crippen LogP contribution in [0.25, 0.3) is 0 Å². The summed E-state index contributed by atoms with van der Waals surface area (Å²) in [6.07, 6.45) is 1.27. The number of hydrogen-bond donors (Lipinski definition) is 0. The summed E-state index contributed by atoms with van der Waals surface area (Å²) in [5.74, 6) is 0.265. The lowest BCUT2D eigenvalue weighted by Crippen LogP contribution is -2.44. The molecule has 0 amide bonds. The quantitative estimate of drug-likeness (QED) is 0.508. The van der Waals surface area contributed by atoms with Gasteiger partial charge in [0.25, 0.3) is 16.1 Å². The standard InChI is InChI=1S/C23H28N4O4S2/c1-17-21(19-11-13-26(14-12-19)33(29,30)25(2)3)24-27(22(28)20-10-7-15-32-20)23(17)31-16-18-8-5-4-6-9-18/h4-10,15,19H,11-14,16H2,1-3H3. The van der Waals surface area contributed by atoms with Gasteiger partial charge in [-0.1, -0.05) is 36.4 Å². The first-order valence-electron chi connectivity index (χ1n) is 10.8. The van der Waals surface area contributed by atoms with Gasteiger partial charge >= 0.3 is 0 Å². The first-order chi connectivity index (χ1) is 15.8. The second kappa shape index (κ2) is 9.76. The van der Waals surface area contributed by atoms with Gasteiger partial charge < -0.3 is 4.74 Å². The molecule has 1 aromatic carbocycles. The number of aromatic nitrogens is 2. The average molecular weight is 489 g/mol. The van der Waals surface area contributed by atoms with Crippen LogP contribution in [0.2, 0.25) is 0 Å². The molecule has 8 nitrogen and oxygen atoms in total. The molecule has 0 bridgehead atoms. The van der Waals surface area contributed by atoms with Crippen LogP contribution < -0.4 is 4.74 Å². The van der Waals surface area contributed by atoms with Crippen molar-refractivity contribution in [1.82, 2.24) is 18.4 Å². The first-order valence-corrected chi connectivity index (χ1v) is 13.1. The largest absolute Gasteiger partial charge is 0.472 e. The zero-order valence-electron chi connectivity index (χ0n) is 19.0. The molecule has 0 radical (unpaired) electrons. The number of thiophene rings is 1. The van der Waals surface area contributed by atoms with Crippen LogP contribution in [-0.2, 0) is 16.8 Å². The van der Waals surface area contributed by atoms with Crippen molar-refractivity contribution in [3.8, 4) is 5.88 Å². The molecule has 2 aromatic heterocycles. The van der Waals surface area contributed by atoms with Crippen LogP contribution in [0.3, 0.4) is 0 Å². The van der Waals surface area contributed by atoms with E-state index in [9.17, 15) is 13.2 Å². The first kappa shape index (κ1) is 23.6. The Hall–Kier alpha value is -2.53. The van der Waals surface area contributed by atoms with Gasteiger partial charge in [-0.05, 0) is 36.8 Å². The van der Waals surface area contributed by atoms with E-state index < -0.39 is 10.2 Å². The van der Waals surface area contributed by atoms with E-state index in [2.05, 4.69) is 0 Å². The van der Waals surface area contributed by atoms with Gasteiger partial charge in [0.15, 0.2) is 0 Å². The van der Waals surface area contributed by atoms with E-state index in [4.69, 9.17) is 9.84 Å². The third-order valence-corrected chi connectivity index (χ3v) is 8.67. The summed E-state index contributed by atoms with van der Waals surface area (Å²) < 4.78 is 35.2. The fourth-order valence-electron chi connectivity index (χ4n) is 4.01. The molecule has 3 aromatic rings. The Morgan fingerprint density at radius 3 is 2.45 bits per heavy atom. The minimum absolute atomic E-state index is 0.0510. The SMILES string of the molecule is Cc1c(C2CCN(S(=O)(=O)N(C)C)CC2)nn(C(=O)c2cccs2)c1OCc1ccccc1.